The van der Waals surface area contributed by atoms with Crippen molar-refractivity contribution in [1.29, 1.82) is 0 Å². The van der Waals surface area contributed by atoms with Crippen LogP contribution in [-0.2, 0) is 19.2 Å². The van der Waals surface area contributed by atoms with E-state index in [0.717, 1.165) is 30.0 Å². The number of hydrogen-bond donors (Lipinski definition) is 5. The molecule has 0 bridgehead atoms. The molecule has 16 heteroatoms. The van der Waals surface area contributed by atoms with Gasteiger partial charge in [-0.2, -0.15) is 0 Å². The summed E-state index contributed by atoms with van der Waals surface area (Å²) in [5.41, 5.74) is 4.21. The summed E-state index contributed by atoms with van der Waals surface area (Å²) in [4.78, 5) is 66.1. The summed E-state index contributed by atoms with van der Waals surface area (Å²) in [5, 5.41) is 43.8. The van der Waals surface area contributed by atoms with Gasteiger partial charge < -0.3 is 26.6 Å². The molecule has 0 fully saturated rings. The van der Waals surface area contributed by atoms with Gasteiger partial charge >= 0.3 is 11.9 Å². The maximum absolute atomic E-state index is 12.3. The van der Waals surface area contributed by atoms with E-state index in [9.17, 15) is 39.4 Å². The van der Waals surface area contributed by atoms with Crippen LogP contribution in [0.15, 0.2) is 23.1 Å². The number of nitrogens with two attached hydrogens (primary N) is 1. The minimum absolute atomic E-state index is 0.0289. The Bertz CT molecular complexity index is 924. The summed E-state index contributed by atoms with van der Waals surface area (Å²) in [7, 11) is 0. The number of benzene rings is 1. The zero-order valence-corrected chi connectivity index (χ0v) is 17.1. The van der Waals surface area contributed by atoms with Crippen LogP contribution in [0.3, 0.4) is 0 Å². The predicted octanol–water partition coefficient (Wildman–Crippen LogP) is -0.527. The average molecular weight is 473 g/mol. The molecular formula is C16H19N5O10S. The van der Waals surface area contributed by atoms with Crippen molar-refractivity contribution in [2.24, 2.45) is 5.73 Å². The molecule has 0 radical (unpaired) electrons. The third-order valence-corrected chi connectivity index (χ3v) is 4.98. The second kappa shape index (κ2) is 12.2. The highest BCUT2D eigenvalue weighted by Gasteiger charge is 2.25. The van der Waals surface area contributed by atoms with Gasteiger partial charge in [-0.25, -0.2) is 0 Å². The number of aliphatic carboxylic acids is 2. The molecule has 0 aliphatic heterocycles. The first kappa shape index (κ1) is 26.2. The van der Waals surface area contributed by atoms with Crippen LogP contribution in [0.2, 0.25) is 0 Å². The Kier molecular flexibility index (Phi) is 9.97. The van der Waals surface area contributed by atoms with Gasteiger partial charge in [-0.05, 0) is 12.5 Å². The van der Waals surface area contributed by atoms with E-state index in [1.54, 1.807) is 0 Å². The van der Waals surface area contributed by atoms with Crippen molar-refractivity contribution < 1.29 is 39.2 Å². The van der Waals surface area contributed by atoms with Crippen molar-refractivity contribution in [3.63, 3.8) is 0 Å². The second-order valence-electron chi connectivity index (χ2n) is 6.19. The van der Waals surface area contributed by atoms with Crippen LogP contribution in [0.1, 0.15) is 12.8 Å². The van der Waals surface area contributed by atoms with E-state index in [4.69, 9.17) is 15.9 Å². The van der Waals surface area contributed by atoms with Crippen molar-refractivity contribution in [2.45, 2.75) is 29.8 Å². The lowest BCUT2D eigenvalue weighted by atomic mass is 10.1. The lowest BCUT2D eigenvalue weighted by Crippen LogP contribution is -2.49. The number of amides is 2. The highest BCUT2D eigenvalue weighted by atomic mass is 32.2. The van der Waals surface area contributed by atoms with Crippen molar-refractivity contribution in [1.82, 2.24) is 10.6 Å². The smallest absolute Gasteiger partial charge is 0.322 e. The van der Waals surface area contributed by atoms with Crippen LogP contribution < -0.4 is 16.4 Å². The fourth-order valence-corrected chi connectivity index (χ4v) is 3.23. The highest BCUT2D eigenvalue weighted by molar-refractivity contribution is 7.99. The molecule has 1 aromatic rings. The molecule has 1 rings (SSSR count). The fourth-order valence-electron chi connectivity index (χ4n) is 2.20. The number of nitrogens with zero attached hydrogens (tertiary/aromatic N) is 2. The molecule has 0 saturated carbocycles. The summed E-state index contributed by atoms with van der Waals surface area (Å²) in [6, 6.07) is 0.231. The number of carbonyl (C=O) groups excluding carboxylic acids is 2. The van der Waals surface area contributed by atoms with Crippen LogP contribution in [-0.4, -0.2) is 68.2 Å². The fraction of sp³-hybridized carbons (Fsp3) is 0.375. The number of nitro groups is 2. The first-order chi connectivity index (χ1) is 14.9. The molecule has 174 valence electrons. The number of nitrogens with one attached hydrogen (secondary N) is 2. The number of carbonyl (C=O) groups is 4. The van der Waals surface area contributed by atoms with E-state index in [0.29, 0.717) is 0 Å². The van der Waals surface area contributed by atoms with Gasteiger partial charge in [0.25, 0.3) is 11.4 Å². The van der Waals surface area contributed by atoms with Gasteiger partial charge in [-0.3, -0.25) is 39.4 Å². The van der Waals surface area contributed by atoms with Gasteiger partial charge in [0.1, 0.15) is 18.6 Å². The van der Waals surface area contributed by atoms with Crippen LogP contribution in [0.5, 0.6) is 0 Å². The third kappa shape index (κ3) is 8.52. The van der Waals surface area contributed by atoms with Crippen molar-refractivity contribution in [3.05, 3.63) is 38.4 Å². The van der Waals surface area contributed by atoms with E-state index in [1.165, 1.54) is 0 Å². The molecule has 0 saturated heterocycles. The minimum atomic E-state index is -1.35. The largest absolute Gasteiger partial charge is 0.480 e. The zero-order valence-electron chi connectivity index (χ0n) is 16.3. The van der Waals surface area contributed by atoms with Crippen molar-refractivity contribution in [2.75, 3.05) is 12.3 Å². The molecule has 0 aliphatic rings. The van der Waals surface area contributed by atoms with Gasteiger partial charge in [0.05, 0.1) is 20.8 Å². The van der Waals surface area contributed by atoms with Crippen LogP contribution in [0, 0.1) is 20.2 Å². The van der Waals surface area contributed by atoms with Gasteiger partial charge in [0, 0.05) is 18.2 Å². The Hall–Kier alpha value is -3.79. The molecule has 2 amide bonds. The molecule has 0 aliphatic carbocycles. The topological polar surface area (TPSA) is 245 Å². The first-order valence-corrected chi connectivity index (χ1v) is 9.73. The van der Waals surface area contributed by atoms with Crippen molar-refractivity contribution in [3.8, 4) is 0 Å². The molecule has 32 heavy (non-hydrogen) atoms. The van der Waals surface area contributed by atoms with Gasteiger partial charge in [-0.15, -0.1) is 11.8 Å². The lowest BCUT2D eigenvalue weighted by molar-refractivity contribution is -0.396. The molecule has 15 nitrogen and oxygen atoms in total. The Balaban J connectivity index is 2.96. The molecule has 0 spiro atoms. The Morgan fingerprint density at radius 3 is 2.31 bits per heavy atom. The van der Waals surface area contributed by atoms with E-state index in [1.807, 2.05) is 0 Å². The summed E-state index contributed by atoms with van der Waals surface area (Å²) >= 11 is 0.732. The quantitative estimate of drug-likeness (QED) is 0.138. The van der Waals surface area contributed by atoms with E-state index >= 15 is 0 Å². The molecule has 2 unspecified atom stereocenters. The lowest BCUT2D eigenvalue weighted by Gasteiger charge is -2.18. The number of carboxylic acid groups (broad SMARTS) is 2. The number of rotatable bonds is 13. The zero-order chi connectivity index (χ0) is 24.4. The summed E-state index contributed by atoms with van der Waals surface area (Å²) in [6.07, 6.45) is -0.579. The predicted molar refractivity (Wildman–Crippen MR) is 108 cm³/mol. The SMILES string of the molecule is NC(CCC(=O)NC(CSc1ccc([N+](=O)[O-])cc1[N+](=O)[O-])C(=O)NCC(=O)O)C(=O)O. The Morgan fingerprint density at radius 2 is 1.78 bits per heavy atom. The molecule has 2 atom stereocenters. The Morgan fingerprint density at radius 1 is 1.12 bits per heavy atom. The molecule has 1 aromatic carbocycles. The number of hydrogen-bond acceptors (Lipinski definition) is 10. The first-order valence-electron chi connectivity index (χ1n) is 8.75. The normalized spacial score (nSPS) is 12.3. The monoisotopic (exact) mass is 473 g/mol. The number of carboxylic acids is 2. The standard InChI is InChI=1S/C16H19N5O10S/c17-9(16(26)27)2-4-13(22)19-10(15(25)18-6-14(23)24)7-32-12-3-1-8(20(28)29)5-11(12)21(30)31/h1,3,5,9-10H,2,4,6-7,17H2,(H,18,25)(H,19,22)(H,23,24)(H,26,27). The summed E-state index contributed by atoms with van der Waals surface area (Å²) < 4.78 is 0. The van der Waals surface area contributed by atoms with Gasteiger partial charge in [0.15, 0.2) is 0 Å². The average Bonchev–Trinajstić information content (AvgIpc) is 2.72. The number of thioether (sulfide) groups is 1. The van der Waals surface area contributed by atoms with Gasteiger partial charge in [0.2, 0.25) is 11.8 Å². The summed E-state index contributed by atoms with van der Waals surface area (Å²) in [5.74, 6) is -4.62. The number of non-ortho nitro benzene ring substituents is 1. The van der Waals surface area contributed by atoms with E-state index in [2.05, 4.69) is 10.6 Å². The summed E-state index contributed by atoms with van der Waals surface area (Å²) in [6.45, 7) is -0.753. The maximum Gasteiger partial charge on any atom is 0.322 e. The van der Waals surface area contributed by atoms with E-state index < -0.39 is 63.6 Å². The number of nitro benzene ring substituents is 2. The highest BCUT2D eigenvalue weighted by Crippen LogP contribution is 2.32. The Labute approximate surface area is 183 Å². The van der Waals surface area contributed by atoms with Gasteiger partial charge in [-0.1, -0.05) is 0 Å². The maximum atomic E-state index is 12.3. The van der Waals surface area contributed by atoms with Crippen LogP contribution in [0.4, 0.5) is 11.4 Å². The van der Waals surface area contributed by atoms with E-state index in [-0.39, 0.29) is 23.5 Å². The van der Waals surface area contributed by atoms with Crippen molar-refractivity contribution >= 4 is 46.9 Å². The molecule has 0 heterocycles. The molecule has 0 aromatic heterocycles. The van der Waals surface area contributed by atoms with Crippen LogP contribution in [0.25, 0.3) is 0 Å². The second-order valence-corrected chi connectivity index (χ2v) is 7.25. The molecular weight excluding hydrogens is 454 g/mol. The molecule has 6 N–H and O–H groups in total. The van der Waals surface area contributed by atoms with Crippen LogP contribution >= 0.6 is 11.8 Å². The third-order valence-electron chi connectivity index (χ3n) is 3.82. The minimum Gasteiger partial charge on any atom is -0.480 e.